The average molecular weight is 551 g/mol. The zero-order chi connectivity index (χ0) is 27.4. The quantitative estimate of drug-likeness (QED) is 0.192. The van der Waals surface area contributed by atoms with Gasteiger partial charge in [-0.3, -0.25) is 4.68 Å². The number of benzene rings is 4. The van der Waals surface area contributed by atoms with Crippen molar-refractivity contribution in [2.24, 2.45) is 0 Å². The molecule has 5 rings (SSSR count). The fourth-order valence-corrected chi connectivity index (χ4v) is 4.58. The summed E-state index contributed by atoms with van der Waals surface area (Å²) in [5.74, 6) is 0.546. The van der Waals surface area contributed by atoms with Crippen LogP contribution in [-0.4, -0.2) is 14.7 Å². The van der Waals surface area contributed by atoms with Gasteiger partial charge in [0.1, 0.15) is 24.5 Å². The van der Waals surface area contributed by atoms with Gasteiger partial charge in [-0.25, -0.2) is 0 Å². The second-order valence-corrected chi connectivity index (χ2v) is 9.57. The molecule has 0 bridgehead atoms. The molecule has 0 saturated carbocycles. The molecule has 0 aliphatic rings. The molecule has 6 nitrogen and oxygen atoms in total. The van der Waals surface area contributed by atoms with E-state index in [4.69, 9.17) is 14.2 Å². The molecule has 0 aliphatic carbocycles. The first-order chi connectivity index (χ1) is 18.8. The molecule has 198 valence electrons. The molecule has 1 atom stereocenters. The number of hydrogen-bond donors (Lipinski definition) is 1. The highest BCUT2D eigenvalue weighted by molar-refractivity contribution is 7.32. The van der Waals surface area contributed by atoms with E-state index in [2.05, 4.69) is 5.10 Å². The van der Waals surface area contributed by atoms with Crippen LogP contribution >= 0.6 is 8.25 Å². The Bertz CT molecular complexity index is 1600. The number of aromatic nitrogens is 2. The summed E-state index contributed by atoms with van der Waals surface area (Å²) in [5, 5.41) is 4.82. The number of fused-ring (bicyclic) bond motifs is 1. The molecule has 0 radical (unpaired) electrons. The molecule has 0 aliphatic heterocycles. The van der Waals surface area contributed by atoms with Crippen molar-refractivity contribution in [3.05, 3.63) is 119 Å². The summed E-state index contributed by atoms with van der Waals surface area (Å²) in [4.78, 5) is 8.78. The lowest BCUT2D eigenvalue weighted by atomic mass is 10.0. The van der Waals surface area contributed by atoms with Gasteiger partial charge in [-0.05, 0) is 34.9 Å². The molecule has 0 spiro atoms. The molecule has 4 aromatic carbocycles. The van der Waals surface area contributed by atoms with Crippen LogP contribution in [0.2, 0.25) is 0 Å². The molecule has 1 unspecified atom stereocenters. The van der Waals surface area contributed by atoms with E-state index >= 15 is 0 Å². The zero-order valence-electron chi connectivity index (χ0n) is 20.5. The zero-order valence-corrected chi connectivity index (χ0v) is 21.4. The summed E-state index contributed by atoms with van der Waals surface area (Å²) < 4.78 is 64.5. The normalized spacial score (nSPS) is 12.1. The predicted molar refractivity (Wildman–Crippen MR) is 141 cm³/mol. The van der Waals surface area contributed by atoms with Crippen molar-refractivity contribution in [2.45, 2.75) is 25.9 Å². The van der Waals surface area contributed by atoms with Crippen LogP contribution in [0.1, 0.15) is 22.3 Å². The predicted octanol–water partition coefficient (Wildman–Crippen LogP) is 7.52. The Hall–Kier alpha value is -4.04. The van der Waals surface area contributed by atoms with E-state index in [9.17, 15) is 17.7 Å². The van der Waals surface area contributed by atoms with Crippen molar-refractivity contribution in [3.63, 3.8) is 0 Å². The molecular formula is C29H23F3N2O4P+. The lowest BCUT2D eigenvalue weighted by Crippen LogP contribution is -2.06. The van der Waals surface area contributed by atoms with Gasteiger partial charge in [0.15, 0.2) is 0 Å². The molecule has 0 fully saturated rings. The van der Waals surface area contributed by atoms with Crippen molar-refractivity contribution >= 4 is 19.2 Å². The smallest absolute Gasteiger partial charge is 0.489 e. The van der Waals surface area contributed by atoms with Crippen LogP contribution in [0.5, 0.6) is 5.75 Å². The molecule has 1 aromatic heterocycles. The summed E-state index contributed by atoms with van der Waals surface area (Å²) in [6.07, 6.45) is -4.54. The van der Waals surface area contributed by atoms with E-state index in [-0.39, 0.29) is 18.7 Å². The molecular weight excluding hydrogens is 528 g/mol. The molecule has 1 heterocycles. The van der Waals surface area contributed by atoms with E-state index in [0.717, 1.165) is 22.8 Å². The van der Waals surface area contributed by atoms with Crippen LogP contribution in [-0.2, 0) is 35.0 Å². The van der Waals surface area contributed by atoms with Crippen molar-refractivity contribution in [1.82, 2.24) is 9.78 Å². The standard InChI is InChI=1S/C29H22F3N2O4P/c30-29(31,32)26-11-5-10-25-27(26)33-34(17-20-6-2-1-3-7-20)28(25)23-8-4-9-24(16-23)37-18-21-12-14-22(15-13-21)19-38-39(35)36/h1-16H,17-19H2/p+1. The van der Waals surface area contributed by atoms with Crippen LogP contribution < -0.4 is 4.74 Å². The van der Waals surface area contributed by atoms with Gasteiger partial charge >= 0.3 is 14.4 Å². The maximum absolute atomic E-state index is 13.8. The van der Waals surface area contributed by atoms with E-state index in [1.165, 1.54) is 6.07 Å². The van der Waals surface area contributed by atoms with Crippen LogP contribution in [0, 0.1) is 0 Å². The first kappa shape index (κ1) is 26.6. The molecule has 39 heavy (non-hydrogen) atoms. The van der Waals surface area contributed by atoms with E-state index < -0.39 is 20.0 Å². The second kappa shape index (κ2) is 11.4. The average Bonchev–Trinajstić information content (AvgIpc) is 3.29. The van der Waals surface area contributed by atoms with Crippen LogP contribution in [0.3, 0.4) is 0 Å². The number of halogens is 3. The molecule has 0 saturated heterocycles. The maximum atomic E-state index is 13.8. The topological polar surface area (TPSA) is 73.6 Å². The Morgan fingerprint density at radius 1 is 0.821 bits per heavy atom. The van der Waals surface area contributed by atoms with Crippen LogP contribution in [0.25, 0.3) is 22.2 Å². The van der Waals surface area contributed by atoms with Crippen molar-refractivity contribution < 1.29 is 31.9 Å². The second-order valence-electron chi connectivity index (χ2n) is 8.84. The van der Waals surface area contributed by atoms with E-state index in [1.54, 1.807) is 41.1 Å². The van der Waals surface area contributed by atoms with E-state index in [0.29, 0.717) is 28.9 Å². The van der Waals surface area contributed by atoms with Crippen LogP contribution in [0.15, 0.2) is 97.1 Å². The number of hydrogen-bond acceptors (Lipinski definition) is 4. The van der Waals surface area contributed by atoms with Gasteiger partial charge in [0, 0.05) is 15.5 Å². The van der Waals surface area contributed by atoms with Gasteiger partial charge in [0.2, 0.25) is 0 Å². The highest BCUT2D eigenvalue weighted by Gasteiger charge is 2.34. The minimum atomic E-state index is -4.54. The number of nitrogens with zero attached hydrogens (tertiary/aromatic N) is 2. The minimum Gasteiger partial charge on any atom is -0.489 e. The highest BCUT2D eigenvalue weighted by atomic mass is 31.1. The third kappa shape index (κ3) is 6.34. The lowest BCUT2D eigenvalue weighted by molar-refractivity contribution is -0.136. The third-order valence-electron chi connectivity index (χ3n) is 6.13. The fourth-order valence-electron chi connectivity index (χ4n) is 4.32. The fraction of sp³-hybridized carbons (Fsp3) is 0.138. The number of alkyl halides is 3. The maximum Gasteiger partial charge on any atom is 0.695 e. The monoisotopic (exact) mass is 551 g/mol. The van der Waals surface area contributed by atoms with Gasteiger partial charge in [-0.15, -0.1) is 9.42 Å². The first-order valence-electron chi connectivity index (χ1n) is 12.0. The number of ether oxygens (including phenoxy) is 1. The largest absolute Gasteiger partial charge is 0.695 e. The Balaban J connectivity index is 1.45. The van der Waals surface area contributed by atoms with Crippen molar-refractivity contribution in [1.29, 1.82) is 0 Å². The Kier molecular flexibility index (Phi) is 7.74. The Morgan fingerprint density at radius 3 is 2.21 bits per heavy atom. The summed E-state index contributed by atoms with van der Waals surface area (Å²) in [6.45, 7) is 0.574. The summed E-state index contributed by atoms with van der Waals surface area (Å²) in [7, 11) is -2.66. The van der Waals surface area contributed by atoms with E-state index in [1.807, 2.05) is 48.5 Å². The Labute approximate surface area is 223 Å². The lowest BCUT2D eigenvalue weighted by Gasteiger charge is -2.11. The van der Waals surface area contributed by atoms with Gasteiger partial charge < -0.3 is 4.74 Å². The van der Waals surface area contributed by atoms with Crippen molar-refractivity contribution in [3.8, 4) is 17.0 Å². The molecule has 1 N–H and O–H groups in total. The van der Waals surface area contributed by atoms with Gasteiger partial charge in [-0.2, -0.15) is 18.3 Å². The van der Waals surface area contributed by atoms with Crippen molar-refractivity contribution in [2.75, 3.05) is 0 Å². The Morgan fingerprint density at radius 2 is 1.51 bits per heavy atom. The number of rotatable bonds is 9. The van der Waals surface area contributed by atoms with Crippen LogP contribution in [0.4, 0.5) is 13.2 Å². The summed E-state index contributed by atoms with van der Waals surface area (Å²) in [6, 6.07) is 27.9. The molecule has 0 amide bonds. The summed E-state index contributed by atoms with van der Waals surface area (Å²) in [5.41, 5.74) is 2.89. The highest BCUT2D eigenvalue weighted by Crippen LogP contribution is 2.38. The molecule has 10 heteroatoms. The van der Waals surface area contributed by atoms with Gasteiger partial charge in [0.05, 0.1) is 17.8 Å². The summed E-state index contributed by atoms with van der Waals surface area (Å²) >= 11 is 0. The van der Waals surface area contributed by atoms with Gasteiger partial charge in [0.25, 0.3) is 0 Å². The minimum absolute atomic E-state index is 0.0234. The van der Waals surface area contributed by atoms with Gasteiger partial charge in [-0.1, -0.05) is 78.9 Å². The first-order valence-corrected chi connectivity index (χ1v) is 13.1. The third-order valence-corrected chi connectivity index (χ3v) is 6.48. The SMILES string of the molecule is O=[P+](O)OCc1ccc(COc2cccc(-c3c4cccc(C(F)(F)F)c4nn3Cc3ccccc3)c2)cc1. The molecule has 5 aromatic rings.